The number of rotatable bonds is 3. The summed E-state index contributed by atoms with van der Waals surface area (Å²) in [5.74, 6) is -0.626. The minimum absolute atomic E-state index is 0.0142. The Hall–Kier alpha value is -0.600. The molecule has 0 bridgehead atoms. The maximum Gasteiger partial charge on any atom is 0.375 e. The molecule has 21 heavy (non-hydrogen) atoms. The summed E-state index contributed by atoms with van der Waals surface area (Å²) in [7, 11) is 0. The van der Waals surface area contributed by atoms with Gasteiger partial charge in [-0.1, -0.05) is 28.4 Å². The summed E-state index contributed by atoms with van der Waals surface area (Å²) in [5.41, 5.74) is 6.17. The average molecular weight is 473 g/mol. The van der Waals surface area contributed by atoms with Crippen LogP contribution in [0, 0.1) is 0 Å². The lowest BCUT2D eigenvalue weighted by Gasteiger charge is -2.03. The van der Waals surface area contributed by atoms with Crippen LogP contribution in [-0.4, -0.2) is 11.8 Å². The minimum atomic E-state index is -0.612. The van der Waals surface area contributed by atoms with Crippen LogP contribution >= 0.6 is 66.4 Å². The molecule has 1 heterocycles. The number of halogens is 4. The highest BCUT2D eigenvalue weighted by Crippen LogP contribution is 2.32. The Morgan fingerprint density at radius 3 is 2.57 bits per heavy atom. The molecule has 4 nitrogen and oxygen atoms in total. The number of nitrogens with zero attached hydrogens (tertiary/aromatic N) is 1. The van der Waals surface area contributed by atoms with Crippen LogP contribution in [0.15, 0.2) is 37.7 Å². The van der Waals surface area contributed by atoms with Crippen molar-refractivity contribution in [2.75, 3.05) is 0 Å². The molecule has 1 aromatic carbocycles. The van der Waals surface area contributed by atoms with Crippen molar-refractivity contribution in [2.45, 2.75) is 0 Å². The second kappa shape index (κ2) is 7.11. The van der Waals surface area contributed by atoms with Crippen LogP contribution in [-0.2, 0) is 4.84 Å². The summed E-state index contributed by atoms with van der Waals surface area (Å²) in [6, 6.07) is 6.35. The van der Waals surface area contributed by atoms with Crippen LogP contribution in [0.4, 0.5) is 0 Å². The second-order valence-corrected chi connectivity index (χ2v) is 7.78. The summed E-state index contributed by atoms with van der Waals surface area (Å²) in [6.45, 7) is 0. The van der Waals surface area contributed by atoms with Crippen molar-refractivity contribution in [1.82, 2.24) is 0 Å². The number of benzene rings is 1. The standard InChI is InChI=1S/C12H6Br2Cl2N2O2S/c13-7-4-9(21-10(7)14)12(19)20-18-11(17)6-2-1-5(15)3-8(6)16/h1-4H,(H2,17,18). The Kier molecular flexibility index (Phi) is 5.67. The fourth-order valence-electron chi connectivity index (χ4n) is 1.33. The van der Waals surface area contributed by atoms with Gasteiger partial charge in [0.2, 0.25) is 0 Å². The molecule has 9 heteroatoms. The number of hydrogen-bond donors (Lipinski definition) is 1. The SMILES string of the molecule is N/C(=N\OC(=O)c1cc(Br)c(Br)s1)c1ccc(Cl)cc1Cl. The van der Waals surface area contributed by atoms with Gasteiger partial charge in [0.1, 0.15) is 4.88 Å². The Balaban J connectivity index is 2.14. The van der Waals surface area contributed by atoms with Crippen LogP contribution in [0.5, 0.6) is 0 Å². The van der Waals surface area contributed by atoms with Gasteiger partial charge in [-0.15, -0.1) is 11.3 Å². The van der Waals surface area contributed by atoms with Gasteiger partial charge < -0.3 is 10.6 Å². The molecule has 110 valence electrons. The van der Waals surface area contributed by atoms with E-state index in [1.54, 1.807) is 18.2 Å². The molecule has 0 aliphatic heterocycles. The van der Waals surface area contributed by atoms with Gasteiger partial charge in [0.15, 0.2) is 5.84 Å². The lowest BCUT2D eigenvalue weighted by atomic mass is 10.2. The van der Waals surface area contributed by atoms with Gasteiger partial charge in [-0.2, -0.15) is 0 Å². The lowest BCUT2D eigenvalue weighted by molar-refractivity contribution is 0.0522. The van der Waals surface area contributed by atoms with Gasteiger partial charge in [-0.05, 0) is 56.1 Å². The molecule has 0 spiro atoms. The van der Waals surface area contributed by atoms with E-state index >= 15 is 0 Å². The zero-order chi connectivity index (χ0) is 15.6. The normalized spacial score (nSPS) is 11.5. The fourth-order valence-corrected chi connectivity index (χ4v) is 3.74. The van der Waals surface area contributed by atoms with Gasteiger partial charge in [-0.3, -0.25) is 0 Å². The van der Waals surface area contributed by atoms with Gasteiger partial charge in [-0.25, -0.2) is 4.79 Å². The Morgan fingerprint density at radius 2 is 2.00 bits per heavy atom. The highest BCUT2D eigenvalue weighted by molar-refractivity contribution is 9.13. The number of thiophene rings is 1. The van der Waals surface area contributed by atoms with Crippen molar-refractivity contribution >= 4 is 78.2 Å². The molecule has 0 amide bonds. The first kappa shape index (κ1) is 16.8. The predicted octanol–water partition coefficient (Wildman–Crippen LogP) is 5.06. The maximum atomic E-state index is 11.8. The number of carbonyl (C=O) groups excluding carboxylic acids is 1. The highest BCUT2D eigenvalue weighted by Gasteiger charge is 2.14. The molecule has 0 saturated carbocycles. The van der Waals surface area contributed by atoms with E-state index in [-0.39, 0.29) is 5.84 Å². The maximum absolute atomic E-state index is 11.8. The van der Waals surface area contributed by atoms with Gasteiger partial charge in [0, 0.05) is 15.1 Å². The third-order valence-electron chi connectivity index (χ3n) is 2.28. The van der Waals surface area contributed by atoms with E-state index in [1.165, 1.54) is 17.4 Å². The van der Waals surface area contributed by atoms with Crippen molar-refractivity contribution in [1.29, 1.82) is 0 Å². The number of carbonyl (C=O) groups is 1. The molecule has 0 aliphatic carbocycles. The first-order valence-corrected chi connectivity index (χ1v) is 8.49. The van der Waals surface area contributed by atoms with Crippen molar-refractivity contribution in [3.8, 4) is 0 Å². The Morgan fingerprint density at radius 1 is 1.29 bits per heavy atom. The first-order chi connectivity index (χ1) is 9.88. The van der Waals surface area contributed by atoms with Crippen molar-refractivity contribution in [3.05, 3.63) is 53.0 Å². The molecule has 0 fully saturated rings. The van der Waals surface area contributed by atoms with Crippen molar-refractivity contribution in [2.24, 2.45) is 10.9 Å². The van der Waals surface area contributed by atoms with Crippen LogP contribution in [0.1, 0.15) is 15.2 Å². The van der Waals surface area contributed by atoms with E-state index in [9.17, 15) is 4.79 Å². The highest BCUT2D eigenvalue weighted by atomic mass is 79.9. The molecule has 0 radical (unpaired) electrons. The summed E-state index contributed by atoms with van der Waals surface area (Å²) in [5, 5.41) is 4.39. The van der Waals surface area contributed by atoms with Crippen LogP contribution in [0.3, 0.4) is 0 Å². The molecular formula is C12H6Br2Cl2N2O2S. The summed E-state index contributed by atoms with van der Waals surface area (Å²) >= 11 is 19.6. The predicted molar refractivity (Wildman–Crippen MR) is 92.3 cm³/mol. The van der Waals surface area contributed by atoms with Crippen LogP contribution < -0.4 is 5.73 Å². The van der Waals surface area contributed by atoms with Crippen molar-refractivity contribution < 1.29 is 9.63 Å². The van der Waals surface area contributed by atoms with E-state index in [2.05, 4.69) is 37.0 Å². The zero-order valence-corrected chi connectivity index (χ0v) is 15.6. The van der Waals surface area contributed by atoms with Crippen molar-refractivity contribution in [3.63, 3.8) is 0 Å². The van der Waals surface area contributed by atoms with Gasteiger partial charge >= 0.3 is 5.97 Å². The second-order valence-electron chi connectivity index (χ2n) is 3.71. The third-order valence-corrected chi connectivity index (χ3v) is 6.06. The average Bonchev–Trinajstić information content (AvgIpc) is 2.76. The molecule has 2 rings (SSSR count). The summed E-state index contributed by atoms with van der Waals surface area (Å²) < 4.78 is 1.55. The molecule has 0 aliphatic rings. The molecular weight excluding hydrogens is 467 g/mol. The Bertz CT molecular complexity index is 715. The largest absolute Gasteiger partial charge is 0.380 e. The quantitative estimate of drug-likeness (QED) is 0.294. The molecule has 2 N–H and O–H groups in total. The molecule has 1 aromatic heterocycles. The number of amidine groups is 1. The fraction of sp³-hybridized carbons (Fsp3) is 0. The van der Waals surface area contributed by atoms with Crippen LogP contribution in [0.2, 0.25) is 10.0 Å². The molecule has 0 saturated heterocycles. The van der Waals surface area contributed by atoms with E-state index in [1.807, 2.05) is 0 Å². The topological polar surface area (TPSA) is 64.7 Å². The molecule has 2 aromatic rings. The smallest absolute Gasteiger partial charge is 0.375 e. The number of oxime groups is 1. The van der Waals surface area contributed by atoms with E-state index in [4.69, 9.17) is 33.8 Å². The Labute approximate surface area is 151 Å². The molecule has 0 unspecified atom stereocenters. The minimum Gasteiger partial charge on any atom is -0.380 e. The summed E-state index contributed by atoms with van der Waals surface area (Å²) in [6.07, 6.45) is 0. The van der Waals surface area contributed by atoms with Crippen LogP contribution in [0.25, 0.3) is 0 Å². The third kappa shape index (κ3) is 4.20. The van der Waals surface area contributed by atoms with E-state index in [0.29, 0.717) is 20.5 Å². The zero-order valence-electron chi connectivity index (χ0n) is 10.1. The summed E-state index contributed by atoms with van der Waals surface area (Å²) in [4.78, 5) is 17.0. The number of hydrogen-bond acceptors (Lipinski definition) is 4. The van der Waals surface area contributed by atoms with E-state index in [0.717, 1.165) is 8.26 Å². The van der Waals surface area contributed by atoms with Gasteiger partial charge in [0.05, 0.1) is 8.81 Å². The number of nitrogens with two attached hydrogens (primary N) is 1. The molecule has 0 atom stereocenters. The van der Waals surface area contributed by atoms with Gasteiger partial charge in [0.25, 0.3) is 0 Å². The lowest BCUT2D eigenvalue weighted by Crippen LogP contribution is -2.15. The van der Waals surface area contributed by atoms with E-state index < -0.39 is 5.97 Å². The first-order valence-electron chi connectivity index (χ1n) is 5.33. The monoisotopic (exact) mass is 470 g/mol.